The lowest BCUT2D eigenvalue weighted by molar-refractivity contribution is -0.179. The van der Waals surface area contributed by atoms with Crippen molar-refractivity contribution in [2.24, 2.45) is 33.5 Å². The van der Waals surface area contributed by atoms with Gasteiger partial charge >= 0.3 is 0 Å². The van der Waals surface area contributed by atoms with Crippen LogP contribution in [0.3, 0.4) is 0 Å². The van der Waals surface area contributed by atoms with Crippen molar-refractivity contribution in [3.8, 4) is 0 Å². The molecule has 45 heavy (non-hydrogen) atoms. The summed E-state index contributed by atoms with van der Waals surface area (Å²) in [7, 11) is 0. The maximum atomic E-state index is 15.0. The minimum atomic E-state index is -0.879. The minimum absolute atomic E-state index is 0.0786. The van der Waals surface area contributed by atoms with E-state index in [1.165, 1.54) is 17.2 Å². The number of halogens is 2. The monoisotopic (exact) mass is 629 g/mol. The lowest BCUT2D eigenvalue weighted by Gasteiger charge is -2.71. The SMILES string of the molecule is C[C@]12CC[C@H]3[C@]4(C=C[C@@]5(C=C4C(=O)Cc4c(F)cccc4Cl)CC(O)CC[C@]35C)[C@@H]1CC[C@@]2(O)CN1CCc2ccccc2C1. The van der Waals surface area contributed by atoms with Crippen LogP contribution < -0.4 is 0 Å². The Balaban J connectivity index is 1.20. The molecule has 2 bridgehead atoms. The number of carbonyl (C=O) groups excluding carboxylic acids is 1. The zero-order chi connectivity index (χ0) is 31.4. The van der Waals surface area contributed by atoms with E-state index in [-0.39, 0.29) is 45.5 Å². The van der Waals surface area contributed by atoms with Gasteiger partial charge in [-0.05, 0) is 91.9 Å². The maximum absolute atomic E-state index is 15.0. The van der Waals surface area contributed by atoms with Crippen LogP contribution in [0.25, 0.3) is 0 Å². The molecule has 8 atom stereocenters. The predicted molar refractivity (Wildman–Crippen MR) is 174 cm³/mol. The fourth-order valence-electron chi connectivity index (χ4n) is 11.7. The number of rotatable bonds is 5. The number of hydrogen-bond donors (Lipinski definition) is 2. The predicted octanol–water partition coefficient (Wildman–Crippen LogP) is 7.24. The van der Waals surface area contributed by atoms with Crippen LogP contribution in [-0.2, 0) is 24.2 Å². The number of aliphatic hydroxyl groups excluding tert-OH is 1. The van der Waals surface area contributed by atoms with Crippen LogP contribution in [0.2, 0.25) is 5.02 Å². The first-order chi connectivity index (χ1) is 21.4. The van der Waals surface area contributed by atoms with Crippen LogP contribution >= 0.6 is 11.6 Å². The number of ketones is 1. The molecule has 3 saturated carbocycles. The number of benzene rings is 2. The van der Waals surface area contributed by atoms with Gasteiger partial charge in [0, 0.05) is 58.5 Å². The molecule has 1 heterocycles. The van der Waals surface area contributed by atoms with E-state index in [0.29, 0.717) is 19.4 Å². The van der Waals surface area contributed by atoms with Gasteiger partial charge in [-0.1, -0.05) is 74.0 Å². The Labute approximate surface area is 271 Å². The van der Waals surface area contributed by atoms with Gasteiger partial charge in [0.15, 0.2) is 5.78 Å². The van der Waals surface area contributed by atoms with Crippen molar-refractivity contribution < 1.29 is 19.4 Å². The number of aliphatic hydroxyl groups is 2. The van der Waals surface area contributed by atoms with E-state index < -0.39 is 28.4 Å². The molecule has 2 N–H and O–H groups in total. The molecule has 2 spiro atoms. The molecule has 4 nitrogen and oxygen atoms in total. The fraction of sp³-hybridized carbons (Fsp3) is 0.564. The van der Waals surface area contributed by atoms with Crippen molar-refractivity contribution in [2.45, 2.75) is 89.9 Å². The number of fused-ring (bicyclic) bond motifs is 2. The van der Waals surface area contributed by atoms with Crippen LogP contribution in [0.4, 0.5) is 4.39 Å². The molecular weight excluding hydrogens is 585 g/mol. The second kappa shape index (κ2) is 10.1. The number of β-amino-alcohol motifs (C(OH)–C–C–N with tert-alkyl or cyclic N) is 1. The minimum Gasteiger partial charge on any atom is -0.393 e. The van der Waals surface area contributed by atoms with Crippen molar-refractivity contribution in [3.63, 3.8) is 0 Å². The van der Waals surface area contributed by atoms with Gasteiger partial charge in [0.05, 0.1) is 11.7 Å². The van der Waals surface area contributed by atoms with E-state index in [9.17, 15) is 15.0 Å². The van der Waals surface area contributed by atoms with Crippen LogP contribution in [0.5, 0.6) is 0 Å². The molecule has 2 aromatic carbocycles. The summed E-state index contributed by atoms with van der Waals surface area (Å²) in [6.45, 7) is 7.10. The van der Waals surface area contributed by atoms with E-state index in [2.05, 4.69) is 61.2 Å². The van der Waals surface area contributed by atoms with Crippen molar-refractivity contribution in [2.75, 3.05) is 13.1 Å². The molecule has 0 radical (unpaired) electrons. The highest BCUT2D eigenvalue weighted by Gasteiger charge is 2.74. The highest BCUT2D eigenvalue weighted by molar-refractivity contribution is 6.31. The first-order valence-corrected chi connectivity index (χ1v) is 17.4. The quantitative estimate of drug-likeness (QED) is 0.342. The van der Waals surface area contributed by atoms with Gasteiger partial charge in [0.1, 0.15) is 5.82 Å². The van der Waals surface area contributed by atoms with E-state index in [1.54, 1.807) is 12.1 Å². The Morgan fingerprint density at radius 1 is 0.978 bits per heavy atom. The molecule has 0 amide bonds. The Kier molecular flexibility index (Phi) is 6.74. The van der Waals surface area contributed by atoms with Crippen molar-refractivity contribution >= 4 is 17.4 Å². The zero-order valence-electron chi connectivity index (χ0n) is 26.5. The average Bonchev–Trinajstić information content (AvgIpc) is 3.28. The van der Waals surface area contributed by atoms with Crippen LogP contribution in [-0.4, -0.2) is 45.7 Å². The van der Waals surface area contributed by atoms with Crippen LogP contribution in [0.15, 0.2) is 66.3 Å². The van der Waals surface area contributed by atoms with Crippen molar-refractivity contribution in [1.29, 1.82) is 0 Å². The standard InChI is InChI=1S/C39H45ClFNO3/c1-35-14-10-27(43)21-37(35)17-18-39(29(22-37)32(44)20-28-30(40)8-5-9-31(28)41)33(35)11-15-36(2)34(39)12-16-38(36,45)24-42-19-13-25-6-3-4-7-26(25)23-42/h3-9,17-18,22,27,33-34,43,45H,10-16,19-21,23-24H2,1-2H3/t27?,33-,34-,35-,36+,37+,38-,39-/m1/s1. The lowest BCUT2D eigenvalue weighted by atomic mass is 9.32. The molecule has 0 aromatic heterocycles. The summed E-state index contributed by atoms with van der Waals surface area (Å²) < 4.78 is 15.0. The van der Waals surface area contributed by atoms with Gasteiger partial charge in [-0.25, -0.2) is 4.39 Å². The molecule has 3 fully saturated rings. The molecule has 6 aliphatic carbocycles. The largest absolute Gasteiger partial charge is 0.393 e. The summed E-state index contributed by atoms with van der Waals surface area (Å²) >= 11 is 6.45. The van der Waals surface area contributed by atoms with Gasteiger partial charge in [0.25, 0.3) is 0 Å². The molecule has 0 saturated heterocycles. The average molecular weight is 630 g/mol. The molecule has 1 unspecified atom stereocenters. The van der Waals surface area contributed by atoms with Gasteiger partial charge < -0.3 is 10.2 Å². The molecule has 2 aromatic rings. The van der Waals surface area contributed by atoms with E-state index in [1.807, 2.05) is 0 Å². The third kappa shape index (κ3) is 4.03. The molecule has 1 aliphatic heterocycles. The van der Waals surface area contributed by atoms with Crippen molar-refractivity contribution in [1.82, 2.24) is 4.90 Å². The number of Topliss-reactive ketones (excluding diaryl/α,β-unsaturated/α-hetero) is 1. The van der Waals surface area contributed by atoms with Gasteiger partial charge in [0.2, 0.25) is 0 Å². The highest BCUT2D eigenvalue weighted by atomic mass is 35.5. The molecule has 7 aliphatic rings. The Morgan fingerprint density at radius 2 is 1.71 bits per heavy atom. The second-order valence-electron chi connectivity index (χ2n) is 15.8. The smallest absolute Gasteiger partial charge is 0.164 e. The summed E-state index contributed by atoms with van der Waals surface area (Å²) in [5, 5.41) is 24.0. The third-order valence-corrected chi connectivity index (χ3v) is 14.5. The van der Waals surface area contributed by atoms with Gasteiger partial charge in [-0.2, -0.15) is 0 Å². The Morgan fingerprint density at radius 3 is 2.51 bits per heavy atom. The normalized spacial score (nSPS) is 41.6. The van der Waals surface area contributed by atoms with E-state index in [4.69, 9.17) is 11.6 Å². The number of hydrogen-bond acceptors (Lipinski definition) is 4. The van der Waals surface area contributed by atoms with Gasteiger partial charge in [-0.15, -0.1) is 0 Å². The van der Waals surface area contributed by atoms with Gasteiger partial charge in [-0.3, -0.25) is 9.69 Å². The van der Waals surface area contributed by atoms with E-state index >= 15 is 4.39 Å². The first kappa shape index (κ1) is 30.1. The molecule has 9 rings (SSSR count). The maximum Gasteiger partial charge on any atom is 0.164 e. The fourth-order valence-corrected chi connectivity index (χ4v) is 11.9. The van der Waals surface area contributed by atoms with Crippen LogP contribution in [0.1, 0.15) is 75.5 Å². The second-order valence-corrected chi connectivity index (χ2v) is 16.2. The molecular formula is C39H45ClFNO3. The molecule has 238 valence electrons. The summed E-state index contributed by atoms with van der Waals surface area (Å²) in [5.41, 5.74) is 1.46. The van der Waals surface area contributed by atoms with E-state index in [0.717, 1.165) is 57.2 Å². The summed E-state index contributed by atoms with van der Waals surface area (Å²) in [6, 6.07) is 13.2. The lowest BCUT2D eigenvalue weighted by Crippen LogP contribution is -2.67. The summed E-state index contributed by atoms with van der Waals surface area (Å²) in [5.74, 6) is -0.240. The summed E-state index contributed by atoms with van der Waals surface area (Å²) in [4.78, 5) is 17.0. The highest BCUT2D eigenvalue weighted by Crippen LogP contribution is 2.78. The topological polar surface area (TPSA) is 60.8 Å². The van der Waals surface area contributed by atoms with Crippen molar-refractivity contribution in [3.05, 3.63) is 93.8 Å². The third-order valence-electron chi connectivity index (χ3n) is 14.1. The Hall–Kier alpha value is -2.31. The number of nitrogens with zero attached hydrogens (tertiary/aromatic N) is 1. The summed E-state index contributed by atoms with van der Waals surface area (Å²) in [6.07, 6.45) is 13.0. The number of allylic oxidation sites excluding steroid dienone is 4. The molecule has 6 heteroatoms. The zero-order valence-corrected chi connectivity index (χ0v) is 27.3. The first-order valence-electron chi connectivity index (χ1n) is 17.0. The Bertz CT molecular complexity index is 1620. The number of carbonyl (C=O) groups is 1. The van der Waals surface area contributed by atoms with Crippen LogP contribution in [0, 0.1) is 39.3 Å².